The van der Waals surface area contributed by atoms with Gasteiger partial charge in [0.05, 0.1) is 39.6 Å². The van der Waals surface area contributed by atoms with Crippen molar-refractivity contribution in [3.63, 3.8) is 0 Å². The van der Waals surface area contributed by atoms with Gasteiger partial charge in [-0.2, -0.15) is 0 Å². The highest BCUT2D eigenvalue weighted by Crippen LogP contribution is 2.42. The molecule has 4 rings (SSSR count). The van der Waals surface area contributed by atoms with Crippen molar-refractivity contribution in [3.05, 3.63) is 69.9 Å². The molecule has 0 aliphatic carbocycles. The zero-order valence-electron chi connectivity index (χ0n) is 17.9. The van der Waals surface area contributed by atoms with Gasteiger partial charge in [0.2, 0.25) is 5.91 Å². The minimum absolute atomic E-state index is 0.0213. The minimum atomic E-state index is -0.0741. The zero-order valence-corrected chi connectivity index (χ0v) is 18.7. The lowest BCUT2D eigenvalue weighted by atomic mass is 9.91. The number of rotatable bonds is 7. The number of benzene rings is 2. The molecule has 0 radical (unpaired) electrons. The summed E-state index contributed by atoms with van der Waals surface area (Å²) in [7, 11) is 4.89. The standard InChI is InChI=1S/C24H26N2O4S/c1-28-19-8-5-4-7-18(19)25-23(27)15-26-11-10-16-13-20(29-2)21(30-3)14-17(16)24(26)22-9-6-12-31-22/h4-9,12-14,24H,10-11,15H2,1-3H3,(H,25,27)/t24-/m0/s1. The van der Waals surface area contributed by atoms with E-state index in [2.05, 4.69) is 27.7 Å². The topological polar surface area (TPSA) is 60.0 Å². The Morgan fingerprint density at radius 1 is 1.03 bits per heavy atom. The number of carbonyl (C=O) groups excluding carboxylic acids is 1. The van der Waals surface area contributed by atoms with Crippen molar-refractivity contribution in [3.8, 4) is 17.2 Å². The Morgan fingerprint density at radius 2 is 1.77 bits per heavy atom. The third-order valence-corrected chi connectivity index (χ3v) is 6.44. The molecule has 1 amide bonds. The number of ether oxygens (including phenoxy) is 3. The number of hydrogen-bond acceptors (Lipinski definition) is 6. The molecule has 2 heterocycles. The molecule has 0 fully saturated rings. The molecule has 0 saturated carbocycles. The van der Waals surface area contributed by atoms with E-state index in [0.29, 0.717) is 17.2 Å². The van der Waals surface area contributed by atoms with Crippen LogP contribution in [-0.4, -0.2) is 45.2 Å². The Morgan fingerprint density at radius 3 is 2.48 bits per heavy atom. The van der Waals surface area contributed by atoms with Gasteiger partial charge in [-0.3, -0.25) is 9.69 Å². The summed E-state index contributed by atoms with van der Waals surface area (Å²) in [5.41, 5.74) is 3.04. The number of para-hydroxylation sites is 2. The monoisotopic (exact) mass is 438 g/mol. The maximum absolute atomic E-state index is 12.9. The highest BCUT2D eigenvalue weighted by Gasteiger charge is 2.32. The van der Waals surface area contributed by atoms with Crippen LogP contribution in [0.2, 0.25) is 0 Å². The first-order valence-electron chi connectivity index (χ1n) is 10.1. The van der Waals surface area contributed by atoms with Crippen LogP contribution >= 0.6 is 11.3 Å². The molecule has 1 N–H and O–H groups in total. The van der Waals surface area contributed by atoms with Crippen LogP contribution in [0.25, 0.3) is 0 Å². The van der Waals surface area contributed by atoms with E-state index in [9.17, 15) is 4.79 Å². The largest absolute Gasteiger partial charge is 0.495 e. The molecule has 6 nitrogen and oxygen atoms in total. The molecule has 0 saturated heterocycles. The van der Waals surface area contributed by atoms with Crippen molar-refractivity contribution in [2.24, 2.45) is 0 Å². The van der Waals surface area contributed by atoms with E-state index >= 15 is 0 Å². The van der Waals surface area contributed by atoms with E-state index in [0.717, 1.165) is 24.3 Å². The van der Waals surface area contributed by atoms with Gasteiger partial charge in [0.1, 0.15) is 5.75 Å². The quantitative estimate of drug-likeness (QED) is 0.594. The predicted octanol–water partition coefficient (Wildman–Crippen LogP) is 4.36. The van der Waals surface area contributed by atoms with Crippen LogP contribution in [0.5, 0.6) is 17.2 Å². The third-order valence-electron chi connectivity index (χ3n) is 5.51. The fourth-order valence-corrected chi connectivity index (χ4v) is 4.95. The van der Waals surface area contributed by atoms with E-state index in [1.54, 1.807) is 32.7 Å². The summed E-state index contributed by atoms with van der Waals surface area (Å²) in [6.45, 7) is 1.04. The lowest BCUT2D eigenvalue weighted by molar-refractivity contribution is -0.117. The molecule has 31 heavy (non-hydrogen) atoms. The van der Waals surface area contributed by atoms with Crippen LogP contribution in [0.1, 0.15) is 22.0 Å². The molecular formula is C24H26N2O4S. The van der Waals surface area contributed by atoms with E-state index in [1.165, 1.54) is 10.4 Å². The summed E-state index contributed by atoms with van der Waals surface area (Å²) in [5, 5.41) is 5.06. The number of hydrogen-bond donors (Lipinski definition) is 1. The smallest absolute Gasteiger partial charge is 0.238 e. The van der Waals surface area contributed by atoms with Crippen molar-refractivity contribution >= 4 is 22.9 Å². The van der Waals surface area contributed by atoms with Crippen LogP contribution in [0.3, 0.4) is 0 Å². The molecule has 2 aromatic carbocycles. The second-order valence-electron chi connectivity index (χ2n) is 7.29. The second-order valence-corrected chi connectivity index (χ2v) is 8.27. The van der Waals surface area contributed by atoms with E-state index in [-0.39, 0.29) is 18.5 Å². The summed E-state index contributed by atoms with van der Waals surface area (Å²) in [5.74, 6) is 2.00. The average molecular weight is 439 g/mol. The van der Waals surface area contributed by atoms with Gasteiger partial charge in [0, 0.05) is 11.4 Å². The van der Waals surface area contributed by atoms with Crippen molar-refractivity contribution in [1.29, 1.82) is 0 Å². The maximum atomic E-state index is 12.9. The number of thiophene rings is 1. The van der Waals surface area contributed by atoms with Crippen LogP contribution in [0, 0.1) is 0 Å². The van der Waals surface area contributed by atoms with Gasteiger partial charge in [-0.05, 0) is 53.3 Å². The van der Waals surface area contributed by atoms with Crippen molar-refractivity contribution in [2.75, 3.05) is 39.7 Å². The molecule has 162 valence electrons. The van der Waals surface area contributed by atoms with Gasteiger partial charge in [-0.25, -0.2) is 0 Å². The summed E-state index contributed by atoms with van der Waals surface area (Å²) < 4.78 is 16.4. The van der Waals surface area contributed by atoms with Gasteiger partial charge in [0.15, 0.2) is 11.5 Å². The second kappa shape index (κ2) is 9.41. The zero-order chi connectivity index (χ0) is 21.8. The number of methoxy groups -OCH3 is 3. The number of carbonyl (C=O) groups is 1. The first-order chi connectivity index (χ1) is 15.1. The molecule has 1 aliphatic heterocycles. The van der Waals surface area contributed by atoms with Crippen LogP contribution in [-0.2, 0) is 11.2 Å². The minimum Gasteiger partial charge on any atom is -0.495 e. The number of nitrogens with one attached hydrogen (secondary N) is 1. The predicted molar refractivity (Wildman–Crippen MR) is 123 cm³/mol. The molecule has 0 unspecified atom stereocenters. The number of anilines is 1. The number of nitrogens with zero attached hydrogens (tertiary/aromatic N) is 1. The highest BCUT2D eigenvalue weighted by molar-refractivity contribution is 7.10. The van der Waals surface area contributed by atoms with Crippen molar-refractivity contribution < 1.29 is 19.0 Å². The lowest BCUT2D eigenvalue weighted by Gasteiger charge is -2.37. The molecule has 0 bridgehead atoms. The fraction of sp³-hybridized carbons (Fsp3) is 0.292. The lowest BCUT2D eigenvalue weighted by Crippen LogP contribution is -2.41. The van der Waals surface area contributed by atoms with E-state index < -0.39 is 0 Å². The van der Waals surface area contributed by atoms with E-state index in [4.69, 9.17) is 14.2 Å². The van der Waals surface area contributed by atoms with Gasteiger partial charge in [0.25, 0.3) is 0 Å². The molecule has 1 aliphatic rings. The van der Waals surface area contributed by atoms with Gasteiger partial charge < -0.3 is 19.5 Å². The summed E-state index contributed by atoms with van der Waals surface area (Å²) in [6.07, 6.45) is 0.833. The average Bonchev–Trinajstić information content (AvgIpc) is 3.32. The van der Waals surface area contributed by atoms with Gasteiger partial charge in [-0.15, -0.1) is 11.3 Å². The molecular weight excluding hydrogens is 412 g/mol. The summed E-state index contributed by atoms with van der Waals surface area (Å²) in [6, 6.07) is 15.7. The molecule has 1 aromatic heterocycles. The summed E-state index contributed by atoms with van der Waals surface area (Å²) >= 11 is 1.69. The molecule has 7 heteroatoms. The van der Waals surface area contributed by atoms with Crippen LogP contribution in [0.15, 0.2) is 53.9 Å². The maximum Gasteiger partial charge on any atom is 0.238 e. The normalized spacial score (nSPS) is 15.8. The highest BCUT2D eigenvalue weighted by atomic mass is 32.1. The Bertz CT molecular complexity index is 1050. The Labute approximate surface area is 186 Å². The Kier molecular flexibility index (Phi) is 6.44. The summed E-state index contributed by atoms with van der Waals surface area (Å²) in [4.78, 5) is 16.4. The third kappa shape index (κ3) is 4.38. The van der Waals surface area contributed by atoms with Crippen molar-refractivity contribution in [2.45, 2.75) is 12.5 Å². The molecule has 3 aromatic rings. The van der Waals surface area contributed by atoms with E-state index in [1.807, 2.05) is 36.4 Å². The fourth-order valence-electron chi connectivity index (χ4n) is 4.07. The molecule has 1 atom stereocenters. The number of amides is 1. The SMILES string of the molecule is COc1ccccc1NC(=O)CN1CCc2cc(OC)c(OC)cc2[C@H]1c1cccs1. The first kappa shape index (κ1) is 21.2. The van der Waals surface area contributed by atoms with Crippen LogP contribution < -0.4 is 19.5 Å². The Balaban J connectivity index is 1.63. The number of fused-ring (bicyclic) bond motifs is 1. The first-order valence-corrected chi connectivity index (χ1v) is 11.0. The van der Waals surface area contributed by atoms with Crippen LogP contribution in [0.4, 0.5) is 5.69 Å². The van der Waals surface area contributed by atoms with Gasteiger partial charge >= 0.3 is 0 Å². The van der Waals surface area contributed by atoms with Crippen molar-refractivity contribution in [1.82, 2.24) is 4.90 Å². The molecule has 0 spiro atoms. The Hall–Kier alpha value is -3.03. The van der Waals surface area contributed by atoms with Gasteiger partial charge in [-0.1, -0.05) is 18.2 Å².